The number of nitrogens with two attached hydrogens (primary N) is 1. The van der Waals surface area contributed by atoms with E-state index >= 15 is 0 Å². The van der Waals surface area contributed by atoms with Crippen molar-refractivity contribution >= 4 is 5.69 Å². The lowest BCUT2D eigenvalue weighted by molar-refractivity contribution is 0.250. The maximum Gasteiger partial charge on any atom is 0.0839 e. The fourth-order valence-electron chi connectivity index (χ4n) is 3.02. The third kappa shape index (κ3) is 2.91. The molecule has 3 rings (SSSR count). The Morgan fingerprint density at radius 1 is 1.14 bits per heavy atom. The van der Waals surface area contributed by atoms with Crippen LogP contribution in [0.3, 0.4) is 0 Å². The van der Waals surface area contributed by atoms with Gasteiger partial charge >= 0.3 is 0 Å². The van der Waals surface area contributed by atoms with Gasteiger partial charge in [-0.3, -0.25) is 4.90 Å². The first-order chi connectivity index (χ1) is 10.3. The van der Waals surface area contributed by atoms with Gasteiger partial charge in [0.05, 0.1) is 12.0 Å². The van der Waals surface area contributed by atoms with Crippen LogP contribution < -0.4 is 5.73 Å². The van der Waals surface area contributed by atoms with E-state index in [2.05, 4.69) is 17.0 Å². The summed E-state index contributed by atoms with van der Waals surface area (Å²) in [5, 5.41) is 9.45. The van der Waals surface area contributed by atoms with Crippen molar-refractivity contribution in [1.29, 1.82) is 5.26 Å². The van der Waals surface area contributed by atoms with Crippen LogP contribution in [0.4, 0.5) is 5.69 Å². The second-order valence-electron chi connectivity index (χ2n) is 5.56. The molecule has 0 amide bonds. The van der Waals surface area contributed by atoms with Gasteiger partial charge in [-0.1, -0.05) is 42.5 Å². The van der Waals surface area contributed by atoms with Crippen LogP contribution in [0, 0.1) is 11.3 Å². The number of anilines is 1. The summed E-state index contributed by atoms with van der Waals surface area (Å²) in [6.45, 7) is 2.62. The van der Waals surface area contributed by atoms with Gasteiger partial charge in [-0.15, -0.1) is 0 Å². The molecule has 2 aromatic carbocycles. The quantitative estimate of drug-likeness (QED) is 0.878. The van der Waals surface area contributed by atoms with E-state index in [4.69, 9.17) is 5.73 Å². The van der Waals surface area contributed by atoms with E-state index in [1.54, 1.807) is 0 Å². The van der Waals surface area contributed by atoms with Crippen molar-refractivity contribution in [3.8, 4) is 6.07 Å². The predicted octanol–water partition coefficient (Wildman–Crippen LogP) is 2.93. The minimum Gasteiger partial charge on any atom is -0.398 e. The molecule has 3 heteroatoms. The average molecular weight is 277 g/mol. The zero-order valence-electron chi connectivity index (χ0n) is 12.0. The molecule has 1 heterocycles. The molecule has 1 unspecified atom stereocenters. The van der Waals surface area contributed by atoms with E-state index in [1.165, 1.54) is 11.1 Å². The summed E-state index contributed by atoms with van der Waals surface area (Å²) < 4.78 is 0. The minimum absolute atomic E-state index is 0.0752. The summed E-state index contributed by atoms with van der Waals surface area (Å²) in [5.41, 5.74) is 10.6. The number of benzene rings is 2. The van der Waals surface area contributed by atoms with Gasteiger partial charge in [0.25, 0.3) is 0 Å². The summed E-state index contributed by atoms with van der Waals surface area (Å²) in [5.74, 6) is -0.0752. The maximum absolute atomic E-state index is 9.45. The number of rotatable bonds is 3. The van der Waals surface area contributed by atoms with Gasteiger partial charge in [0.15, 0.2) is 0 Å². The summed E-state index contributed by atoms with van der Waals surface area (Å²) in [6.07, 6.45) is 0.967. The Kier molecular flexibility index (Phi) is 3.89. The van der Waals surface area contributed by atoms with Gasteiger partial charge < -0.3 is 5.73 Å². The Hall–Kier alpha value is -2.31. The van der Waals surface area contributed by atoms with Gasteiger partial charge in [-0.25, -0.2) is 0 Å². The molecule has 0 aliphatic carbocycles. The summed E-state index contributed by atoms with van der Waals surface area (Å²) in [6, 6.07) is 18.6. The molecule has 1 aliphatic rings. The van der Waals surface area contributed by atoms with Crippen molar-refractivity contribution in [2.45, 2.75) is 18.9 Å². The molecule has 1 aliphatic heterocycles. The van der Waals surface area contributed by atoms with E-state index in [-0.39, 0.29) is 5.92 Å². The van der Waals surface area contributed by atoms with Crippen LogP contribution in [-0.2, 0) is 13.0 Å². The fourth-order valence-corrected chi connectivity index (χ4v) is 3.02. The van der Waals surface area contributed by atoms with Crippen molar-refractivity contribution in [3.63, 3.8) is 0 Å². The Morgan fingerprint density at radius 3 is 2.71 bits per heavy atom. The van der Waals surface area contributed by atoms with Crippen LogP contribution in [-0.4, -0.2) is 18.0 Å². The highest BCUT2D eigenvalue weighted by Gasteiger charge is 2.21. The molecule has 0 aromatic heterocycles. The number of nitrogens with zero attached hydrogens (tertiary/aromatic N) is 2. The molecule has 0 radical (unpaired) electrons. The SMILES string of the molecule is N#CC(CN1CCc2c(N)cccc2C1)c1ccccc1. The van der Waals surface area contributed by atoms with Crippen molar-refractivity contribution < 1.29 is 0 Å². The molecule has 0 saturated carbocycles. The molecule has 1 atom stereocenters. The van der Waals surface area contributed by atoms with E-state index in [0.717, 1.165) is 37.3 Å². The average Bonchev–Trinajstić information content (AvgIpc) is 2.53. The molecule has 106 valence electrons. The first-order valence-electron chi connectivity index (χ1n) is 7.31. The highest BCUT2D eigenvalue weighted by molar-refractivity contribution is 5.51. The van der Waals surface area contributed by atoms with E-state index in [0.29, 0.717) is 0 Å². The Morgan fingerprint density at radius 2 is 1.95 bits per heavy atom. The van der Waals surface area contributed by atoms with Crippen molar-refractivity contribution in [2.75, 3.05) is 18.8 Å². The van der Waals surface area contributed by atoms with Gasteiger partial charge in [-0.05, 0) is 29.2 Å². The van der Waals surface area contributed by atoms with Crippen molar-refractivity contribution in [1.82, 2.24) is 4.90 Å². The first kappa shape index (κ1) is 13.7. The Labute approximate surface area is 125 Å². The molecule has 0 spiro atoms. The van der Waals surface area contributed by atoms with Crippen LogP contribution in [0.2, 0.25) is 0 Å². The molecule has 21 heavy (non-hydrogen) atoms. The number of hydrogen-bond acceptors (Lipinski definition) is 3. The van der Waals surface area contributed by atoms with E-state index in [1.807, 2.05) is 42.5 Å². The first-order valence-corrected chi connectivity index (χ1v) is 7.31. The molecule has 0 fully saturated rings. The molecule has 0 bridgehead atoms. The van der Waals surface area contributed by atoms with Gasteiger partial charge in [0.1, 0.15) is 0 Å². The van der Waals surface area contributed by atoms with Crippen molar-refractivity contribution in [2.24, 2.45) is 0 Å². The standard InChI is InChI=1S/C18H19N3/c19-11-16(14-5-2-1-3-6-14)13-21-10-9-17-15(12-21)7-4-8-18(17)20/h1-8,16H,9-10,12-13,20H2. The summed E-state index contributed by atoms with van der Waals surface area (Å²) in [7, 11) is 0. The number of nitriles is 1. The number of fused-ring (bicyclic) bond motifs is 1. The topological polar surface area (TPSA) is 53.0 Å². The Balaban J connectivity index is 1.74. The molecule has 0 saturated heterocycles. The summed E-state index contributed by atoms with van der Waals surface area (Å²) in [4.78, 5) is 2.35. The van der Waals surface area contributed by atoms with Gasteiger partial charge in [0.2, 0.25) is 0 Å². The zero-order valence-corrected chi connectivity index (χ0v) is 12.0. The molecule has 2 N–H and O–H groups in total. The third-order valence-electron chi connectivity index (χ3n) is 4.18. The third-order valence-corrected chi connectivity index (χ3v) is 4.18. The molecule has 2 aromatic rings. The minimum atomic E-state index is -0.0752. The second-order valence-corrected chi connectivity index (χ2v) is 5.56. The van der Waals surface area contributed by atoms with Crippen LogP contribution in [0.15, 0.2) is 48.5 Å². The maximum atomic E-state index is 9.45. The van der Waals surface area contributed by atoms with Crippen LogP contribution in [0.5, 0.6) is 0 Å². The van der Waals surface area contributed by atoms with Gasteiger partial charge in [-0.2, -0.15) is 5.26 Å². The van der Waals surface area contributed by atoms with Crippen molar-refractivity contribution in [3.05, 3.63) is 65.2 Å². The lowest BCUT2D eigenvalue weighted by atomic mass is 9.95. The van der Waals surface area contributed by atoms with Crippen LogP contribution >= 0.6 is 0 Å². The van der Waals surface area contributed by atoms with E-state index < -0.39 is 0 Å². The smallest absolute Gasteiger partial charge is 0.0839 e. The highest BCUT2D eigenvalue weighted by Crippen LogP contribution is 2.26. The normalized spacial score (nSPS) is 16.0. The molecule has 3 nitrogen and oxygen atoms in total. The summed E-state index contributed by atoms with van der Waals surface area (Å²) >= 11 is 0. The molecular weight excluding hydrogens is 258 g/mol. The van der Waals surface area contributed by atoms with Crippen LogP contribution in [0.1, 0.15) is 22.6 Å². The Bertz CT molecular complexity index is 658. The largest absolute Gasteiger partial charge is 0.398 e. The molecular formula is C18H19N3. The fraction of sp³-hybridized carbons (Fsp3) is 0.278. The monoisotopic (exact) mass is 277 g/mol. The zero-order chi connectivity index (χ0) is 14.7. The number of hydrogen-bond donors (Lipinski definition) is 1. The highest BCUT2D eigenvalue weighted by atomic mass is 15.1. The predicted molar refractivity (Wildman–Crippen MR) is 84.6 cm³/mol. The second kappa shape index (κ2) is 5.99. The van der Waals surface area contributed by atoms with Crippen LogP contribution in [0.25, 0.3) is 0 Å². The lowest BCUT2D eigenvalue weighted by Crippen LogP contribution is -2.34. The number of nitrogen functional groups attached to an aromatic ring is 1. The van der Waals surface area contributed by atoms with E-state index in [9.17, 15) is 5.26 Å². The lowest BCUT2D eigenvalue weighted by Gasteiger charge is -2.30. The van der Waals surface area contributed by atoms with Gasteiger partial charge in [0, 0.05) is 25.3 Å².